The van der Waals surface area contributed by atoms with Gasteiger partial charge >= 0.3 is 6.18 Å². The Morgan fingerprint density at radius 2 is 1.83 bits per heavy atom. The maximum atomic E-state index is 12.8. The maximum Gasteiger partial charge on any atom is 0.416 e. The van der Waals surface area contributed by atoms with Gasteiger partial charge in [-0.3, -0.25) is 4.79 Å². The van der Waals surface area contributed by atoms with Gasteiger partial charge in [-0.1, -0.05) is 0 Å². The van der Waals surface area contributed by atoms with Crippen LogP contribution in [0.1, 0.15) is 15.9 Å². The predicted molar refractivity (Wildman–Crippen MR) is 73.9 cm³/mol. The van der Waals surface area contributed by atoms with Crippen LogP contribution in [0.15, 0.2) is 12.1 Å². The second kappa shape index (κ2) is 5.92. The van der Waals surface area contributed by atoms with Gasteiger partial charge in [-0.05, 0) is 24.6 Å². The van der Waals surface area contributed by atoms with E-state index >= 15 is 0 Å². The first-order valence-corrected chi connectivity index (χ1v) is 7.24. The van der Waals surface area contributed by atoms with E-state index in [1.54, 1.807) is 13.0 Å². The molecule has 1 amide bonds. The lowest BCUT2D eigenvalue weighted by Gasteiger charge is -2.34. The molecule has 0 saturated carbocycles. The third-order valence-electron chi connectivity index (χ3n) is 3.84. The molecule has 3 rings (SSSR count). The van der Waals surface area contributed by atoms with E-state index in [1.807, 2.05) is 0 Å². The van der Waals surface area contributed by atoms with Gasteiger partial charge in [0.2, 0.25) is 0 Å². The number of hydrogen-bond donors (Lipinski definition) is 0. The molecule has 0 N–H and O–H groups in total. The molecule has 1 aromatic rings. The van der Waals surface area contributed by atoms with Crippen LogP contribution in [-0.2, 0) is 4.74 Å². The molecule has 0 bridgehead atoms. The minimum absolute atomic E-state index is 0.124. The number of benzene rings is 1. The van der Waals surface area contributed by atoms with Crippen molar-refractivity contribution in [2.45, 2.75) is 19.2 Å². The zero-order valence-corrected chi connectivity index (χ0v) is 12.5. The number of rotatable bonds is 1. The van der Waals surface area contributed by atoms with E-state index in [0.29, 0.717) is 35.8 Å². The molecule has 8 heteroatoms. The van der Waals surface area contributed by atoms with Crippen molar-refractivity contribution < 1.29 is 32.2 Å². The van der Waals surface area contributed by atoms with Crippen molar-refractivity contribution in [1.82, 2.24) is 4.90 Å². The number of hydrogen-bond acceptors (Lipinski definition) is 4. The number of carbonyl (C=O) groups excluding carboxylic acids is 1. The Kier molecular flexibility index (Phi) is 4.09. The van der Waals surface area contributed by atoms with Gasteiger partial charge in [-0.15, -0.1) is 0 Å². The highest BCUT2D eigenvalue weighted by Crippen LogP contribution is 2.34. The summed E-state index contributed by atoms with van der Waals surface area (Å²) in [5, 5.41) is 0. The van der Waals surface area contributed by atoms with Crippen molar-refractivity contribution in [2.24, 2.45) is 0 Å². The molecule has 0 aromatic heterocycles. The predicted octanol–water partition coefficient (Wildman–Crippen LogP) is 2.17. The number of nitrogens with zero attached hydrogens (tertiary/aromatic N) is 1. The molecule has 0 radical (unpaired) electrons. The number of fused-ring (bicyclic) bond motifs is 1. The minimum Gasteiger partial charge on any atom is -0.486 e. The number of halogens is 3. The van der Waals surface area contributed by atoms with Crippen molar-refractivity contribution in [3.63, 3.8) is 0 Å². The number of ether oxygens (including phenoxy) is 3. The van der Waals surface area contributed by atoms with Crippen LogP contribution < -0.4 is 9.47 Å². The maximum absolute atomic E-state index is 12.8. The summed E-state index contributed by atoms with van der Waals surface area (Å²) in [5.74, 6) is 0.517. The first-order valence-electron chi connectivity index (χ1n) is 7.24. The number of amides is 1. The van der Waals surface area contributed by atoms with Crippen molar-refractivity contribution >= 4 is 5.91 Å². The molecule has 2 heterocycles. The van der Waals surface area contributed by atoms with Gasteiger partial charge in [0, 0.05) is 12.1 Å². The fourth-order valence-corrected chi connectivity index (χ4v) is 2.62. The van der Waals surface area contributed by atoms with Crippen LogP contribution in [0.3, 0.4) is 0 Å². The van der Waals surface area contributed by atoms with Crippen LogP contribution >= 0.6 is 0 Å². The summed E-state index contributed by atoms with van der Waals surface area (Å²) in [6.07, 6.45) is -6.43. The quantitative estimate of drug-likeness (QED) is 0.791. The zero-order valence-electron chi connectivity index (χ0n) is 12.5. The van der Waals surface area contributed by atoms with Crippen LogP contribution in [0.2, 0.25) is 0 Å². The lowest BCUT2D eigenvalue weighted by Crippen LogP contribution is -2.51. The van der Waals surface area contributed by atoms with Gasteiger partial charge in [0.25, 0.3) is 5.91 Å². The molecular formula is C15H16F3NO4. The second-order valence-corrected chi connectivity index (χ2v) is 5.46. The summed E-state index contributed by atoms with van der Waals surface area (Å²) in [6.45, 7) is 2.00. The molecule has 0 aliphatic carbocycles. The molecule has 1 aromatic carbocycles. The van der Waals surface area contributed by atoms with Gasteiger partial charge in [0.15, 0.2) is 17.6 Å². The Morgan fingerprint density at radius 3 is 2.48 bits per heavy atom. The SMILES string of the molecule is Cc1cc2c(cc1C(=O)N1CCO[C@H](C(F)(F)F)C1)OCCO2. The summed E-state index contributed by atoms with van der Waals surface area (Å²) in [4.78, 5) is 13.8. The first-order chi connectivity index (χ1) is 10.9. The summed E-state index contributed by atoms with van der Waals surface area (Å²) < 4.78 is 53.9. The minimum atomic E-state index is -4.49. The molecule has 126 valence electrons. The largest absolute Gasteiger partial charge is 0.486 e. The molecule has 0 unspecified atom stereocenters. The van der Waals surface area contributed by atoms with E-state index in [4.69, 9.17) is 14.2 Å². The van der Waals surface area contributed by atoms with E-state index < -0.39 is 24.7 Å². The van der Waals surface area contributed by atoms with Gasteiger partial charge in [-0.25, -0.2) is 0 Å². The molecule has 5 nitrogen and oxygen atoms in total. The van der Waals surface area contributed by atoms with Crippen LogP contribution in [-0.4, -0.2) is 56.0 Å². The van der Waals surface area contributed by atoms with Crippen LogP contribution in [0.25, 0.3) is 0 Å². The molecule has 23 heavy (non-hydrogen) atoms. The van der Waals surface area contributed by atoms with Gasteiger partial charge in [0.1, 0.15) is 13.2 Å². The van der Waals surface area contributed by atoms with Crippen molar-refractivity contribution in [3.05, 3.63) is 23.3 Å². The van der Waals surface area contributed by atoms with Gasteiger partial charge in [0.05, 0.1) is 13.2 Å². The Morgan fingerprint density at radius 1 is 1.17 bits per heavy atom. The third-order valence-corrected chi connectivity index (χ3v) is 3.84. The lowest BCUT2D eigenvalue weighted by atomic mass is 10.1. The van der Waals surface area contributed by atoms with E-state index in [1.165, 1.54) is 11.0 Å². The summed E-state index contributed by atoms with van der Waals surface area (Å²) in [6, 6.07) is 3.20. The van der Waals surface area contributed by atoms with Gasteiger partial charge in [-0.2, -0.15) is 13.2 Å². The third kappa shape index (κ3) is 3.21. The fourth-order valence-electron chi connectivity index (χ4n) is 2.62. The Bertz CT molecular complexity index is 617. The van der Waals surface area contributed by atoms with Crippen molar-refractivity contribution in [2.75, 3.05) is 32.9 Å². The standard InChI is InChI=1S/C15H16F3NO4/c1-9-6-11-12(22-5-4-21-11)7-10(9)14(20)19-2-3-23-13(8-19)15(16,17)18/h6-7,13H,2-5,8H2,1H3/t13-/m0/s1. The Hall–Kier alpha value is -1.96. The summed E-state index contributed by atoms with van der Waals surface area (Å²) in [5.41, 5.74) is 0.950. The average Bonchev–Trinajstić information content (AvgIpc) is 2.53. The smallest absolute Gasteiger partial charge is 0.416 e. The first kappa shape index (κ1) is 15.9. The lowest BCUT2D eigenvalue weighted by molar-refractivity contribution is -0.233. The van der Waals surface area contributed by atoms with E-state index in [9.17, 15) is 18.0 Å². The normalized spacial score (nSPS) is 21.2. The topological polar surface area (TPSA) is 48.0 Å². The molecule has 1 atom stereocenters. The zero-order chi connectivity index (χ0) is 16.6. The fraction of sp³-hybridized carbons (Fsp3) is 0.533. The highest BCUT2D eigenvalue weighted by molar-refractivity contribution is 5.96. The monoisotopic (exact) mass is 331 g/mol. The highest BCUT2D eigenvalue weighted by atomic mass is 19.4. The number of alkyl halides is 3. The number of carbonyl (C=O) groups is 1. The molecule has 0 spiro atoms. The summed E-state index contributed by atoms with van der Waals surface area (Å²) >= 11 is 0. The molecule has 1 saturated heterocycles. The number of aryl methyl sites for hydroxylation is 1. The van der Waals surface area contributed by atoms with Gasteiger partial charge < -0.3 is 19.1 Å². The Labute approximate surface area is 130 Å². The summed E-state index contributed by atoms with van der Waals surface area (Å²) in [7, 11) is 0. The number of morpholine rings is 1. The molecular weight excluding hydrogens is 315 g/mol. The molecule has 2 aliphatic rings. The van der Waals surface area contributed by atoms with E-state index in [0.717, 1.165) is 0 Å². The second-order valence-electron chi connectivity index (χ2n) is 5.46. The van der Waals surface area contributed by atoms with Crippen LogP contribution in [0.4, 0.5) is 13.2 Å². The Balaban J connectivity index is 1.82. The van der Waals surface area contributed by atoms with E-state index in [2.05, 4.69) is 0 Å². The van der Waals surface area contributed by atoms with Crippen LogP contribution in [0, 0.1) is 6.92 Å². The van der Waals surface area contributed by atoms with E-state index in [-0.39, 0.29) is 13.2 Å². The van der Waals surface area contributed by atoms with Crippen molar-refractivity contribution in [3.8, 4) is 11.5 Å². The molecule has 1 fully saturated rings. The highest BCUT2D eigenvalue weighted by Gasteiger charge is 2.44. The molecule has 2 aliphatic heterocycles. The van der Waals surface area contributed by atoms with Crippen LogP contribution in [0.5, 0.6) is 11.5 Å². The average molecular weight is 331 g/mol. The van der Waals surface area contributed by atoms with Crippen molar-refractivity contribution in [1.29, 1.82) is 0 Å².